The maximum absolute atomic E-state index is 11.4. The van der Waals surface area contributed by atoms with Crippen LogP contribution in [0.5, 0.6) is 0 Å². The molecule has 5 nitrogen and oxygen atoms in total. The van der Waals surface area contributed by atoms with Gasteiger partial charge in [0.05, 0.1) is 17.5 Å². The molecule has 0 amide bonds. The Bertz CT molecular complexity index is 646. The topological polar surface area (TPSA) is 78.4 Å². The predicted molar refractivity (Wildman–Crippen MR) is 108 cm³/mol. The monoisotopic (exact) mass is 382 g/mol. The van der Waals surface area contributed by atoms with Crippen LogP contribution in [0, 0.1) is 0 Å². The van der Waals surface area contributed by atoms with Crippen LogP contribution in [0.25, 0.3) is 0 Å². The highest BCUT2D eigenvalue weighted by Crippen LogP contribution is 2.35. The average Bonchev–Trinajstić information content (AvgIpc) is 3.01. The second-order valence-electron chi connectivity index (χ2n) is 7.32. The Labute approximate surface area is 158 Å². The molecule has 1 aromatic carbocycles. The highest BCUT2D eigenvalue weighted by atomic mass is 32.2. The summed E-state index contributed by atoms with van der Waals surface area (Å²) < 4.78 is 32.2. The van der Waals surface area contributed by atoms with Crippen LogP contribution in [0.4, 0.5) is 11.4 Å². The fourth-order valence-electron chi connectivity index (χ4n) is 3.57. The molecule has 1 aromatic rings. The Morgan fingerprint density at radius 1 is 0.885 bits per heavy atom. The number of rotatable bonds is 13. The minimum Gasteiger partial charge on any atom is -0.364 e. The summed E-state index contributed by atoms with van der Waals surface area (Å²) in [6.07, 6.45) is 15.4. The molecule has 1 atom stereocenters. The van der Waals surface area contributed by atoms with Gasteiger partial charge in [0.15, 0.2) is 0 Å². The zero-order valence-electron chi connectivity index (χ0n) is 16.0. The highest BCUT2D eigenvalue weighted by Gasteiger charge is 2.26. The van der Waals surface area contributed by atoms with Gasteiger partial charge in [-0.25, -0.2) is 0 Å². The number of anilines is 2. The summed E-state index contributed by atoms with van der Waals surface area (Å²) in [7, 11) is -4.20. The van der Waals surface area contributed by atoms with Crippen LogP contribution < -0.4 is 10.6 Å². The average molecular weight is 383 g/mol. The summed E-state index contributed by atoms with van der Waals surface area (Å²) in [5.41, 5.74) is 1.23. The molecular weight excluding hydrogens is 348 g/mol. The largest absolute Gasteiger partial charge is 0.364 e. The summed E-state index contributed by atoms with van der Waals surface area (Å²) in [6.45, 7) is 2.25. The first kappa shape index (κ1) is 21.0. The molecule has 0 radical (unpaired) electrons. The molecule has 0 spiro atoms. The van der Waals surface area contributed by atoms with E-state index < -0.39 is 10.1 Å². The predicted octanol–water partition coefficient (Wildman–Crippen LogP) is 5.80. The molecule has 1 unspecified atom stereocenters. The number of unbranched alkanes of at least 4 members (excludes halogenated alkanes) is 10. The Kier molecular flexibility index (Phi) is 8.72. The van der Waals surface area contributed by atoms with E-state index >= 15 is 0 Å². The van der Waals surface area contributed by atoms with Crippen LogP contribution in [0.15, 0.2) is 23.1 Å². The molecule has 1 heterocycles. The molecule has 2 rings (SSSR count). The van der Waals surface area contributed by atoms with Crippen molar-refractivity contribution in [2.75, 3.05) is 10.6 Å². The third-order valence-corrected chi connectivity index (χ3v) is 5.94. The lowest BCUT2D eigenvalue weighted by molar-refractivity contribution is 0.483. The standard InChI is InChI=1S/C20H34N2O3S/c1-2-3-4-5-6-7-8-9-10-11-12-16-19-21-17-14-13-15-18(20(17)22-19)26(23,24)25/h13-15,19,21-22H,2-12,16H2,1H3,(H,23,24,25). The number of para-hydroxylation sites is 1. The van der Waals surface area contributed by atoms with Gasteiger partial charge in [0, 0.05) is 0 Å². The van der Waals surface area contributed by atoms with Gasteiger partial charge >= 0.3 is 0 Å². The number of hydrogen-bond donors (Lipinski definition) is 3. The Balaban J connectivity index is 1.57. The van der Waals surface area contributed by atoms with Gasteiger partial charge in [-0.15, -0.1) is 0 Å². The summed E-state index contributed by atoms with van der Waals surface area (Å²) in [5.74, 6) is 0. The van der Waals surface area contributed by atoms with Crippen molar-refractivity contribution in [2.45, 2.75) is 95.0 Å². The van der Waals surface area contributed by atoms with Gasteiger partial charge in [-0.1, -0.05) is 77.2 Å². The fraction of sp³-hybridized carbons (Fsp3) is 0.700. The fourth-order valence-corrected chi connectivity index (χ4v) is 4.25. The highest BCUT2D eigenvalue weighted by molar-refractivity contribution is 7.86. The zero-order chi connectivity index (χ0) is 18.8. The maximum atomic E-state index is 11.4. The summed E-state index contributed by atoms with van der Waals surface area (Å²) in [4.78, 5) is -0.0519. The molecule has 1 aliphatic heterocycles. The first-order valence-electron chi connectivity index (χ1n) is 10.2. The quantitative estimate of drug-likeness (QED) is 0.297. The summed E-state index contributed by atoms with van der Waals surface area (Å²) in [5, 5.41) is 6.49. The van der Waals surface area contributed by atoms with Crippen molar-refractivity contribution in [1.29, 1.82) is 0 Å². The van der Waals surface area contributed by atoms with Gasteiger partial charge in [0.25, 0.3) is 10.1 Å². The Morgan fingerprint density at radius 3 is 2.04 bits per heavy atom. The Morgan fingerprint density at radius 2 is 1.46 bits per heavy atom. The van der Waals surface area contributed by atoms with Crippen LogP contribution in [0.3, 0.4) is 0 Å². The molecule has 0 aromatic heterocycles. The molecule has 0 fully saturated rings. The lowest BCUT2D eigenvalue weighted by Gasteiger charge is -2.12. The number of hydrogen-bond acceptors (Lipinski definition) is 4. The van der Waals surface area contributed by atoms with E-state index in [0.29, 0.717) is 5.69 Å². The first-order chi connectivity index (χ1) is 12.5. The van der Waals surface area contributed by atoms with E-state index in [9.17, 15) is 13.0 Å². The van der Waals surface area contributed by atoms with Crippen molar-refractivity contribution < 1.29 is 13.0 Å². The van der Waals surface area contributed by atoms with Gasteiger partial charge in [0.1, 0.15) is 4.90 Å². The molecule has 6 heteroatoms. The molecular formula is C20H34N2O3S. The van der Waals surface area contributed by atoms with Gasteiger partial charge in [0.2, 0.25) is 0 Å². The number of nitrogens with one attached hydrogen (secondary N) is 2. The molecule has 3 N–H and O–H groups in total. The van der Waals surface area contributed by atoms with E-state index in [4.69, 9.17) is 0 Å². The zero-order valence-corrected chi connectivity index (χ0v) is 16.8. The van der Waals surface area contributed by atoms with Gasteiger partial charge in [-0.05, 0) is 25.0 Å². The summed E-state index contributed by atoms with van der Waals surface area (Å²) in [6, 6.07) is 4.90. The van der Waals surface area contributed by atoms with E-state index in [0.717, 1.165) is 18.5 Å². The van der Waals surface area contributed by atoms with Crippen LogP contribution in [-0.2, 0) is 10.1 Å². The minimum atomic E-state index is -4.20. The normalized spacial score (nSPS) is 16.2. The SMILES string of the molecule is CCCCCCCCCCCCCC1Nc2cccc(S(=O)(=O)O)c2N1. The van der Waals surface area contributed by atoms with E-state index in [-0.39, 0.29) is 11.1 Å². The Hall–Kier alpha value is -1.27. The van der Waals surface area contributed by atoms with Crippen molar-refractivity contribution in [3.05, 3.63) is 18.2 Å². The van der Waals surface area contributed by atoms with E-state index in [1.165, 1.54) is 70.3 Å². The third-order valence-electron chi connectivity index (χ3n) is 5.05. The third kappa shape index (κ3) is 6.80. The molecule has 0 aliphatic carbocycles. The molecule has 0 bridgehead atoms. The first-order valence-corrected chi connectivity index (χ1v) is 11.6. The van der Waals surface area contributed by atoms with E-state index in [1.54, 1.807) is 6.07 Å². The van der Waals surface area contributed by atoms with Gasteiger partial charge in [-0.3, -0.25) is 4.55 Å². The summed E-state index contributed by atoms with van der Waals surface area (Å²) >= 11 is 0. The van der Waals surface area contributed by atoms with Gasteiger partial charge < -0.3 is 10.6 Å². The maximum Gasteiger partial charge on any atom is 0.296 e. The van der Waals surface area contributed by atoms with Crippen molar-refractivity contribution in [3.63, 3.8) is 0 Å². The van der Waals surface area contributed by atoms with Crippen molar-refractivity contribution >= 4 is 21.5 Å². The van der Waals surface area contributed by atoms with E-state index in [1.807, 2.05) is 6.07 Å². The van der Waals surface area contributed by atoms with Crippen molar-refractivity contribution in [3.8, 4) is 0 Å². The van der Waals surface area contributed by atoms with Crippen LogP contribution in [-0.4, -0.2) is 19.1 Å². The van der Waals surface area contributed by atoms with Crippen molar-refractivity contribution in [2.24, 2.45) is 0 Å². The lowest BCUT2D eigenvalue weighted by atomic mass is 10.0. The lowest BCUT2D eigenvalue weighted by Crippen LogP contribution is -2.22. The number of benzene rings is 1. The molecule has 0 saturated heterocycles. The smallest absolute Gasteiger partial charge is 0.296 e. The van der Waals surface area contributed by atoms with E-state index in [2.05, 4.69) is 17.6 Å². The minimum absolute atomic E-state index is 0.0338. The van der Waals surface area contributed by atoms with Crippen molar-refractivity contribution in [1.82, 2.24) is 0 Å². The second kappa shape index (κ2) is 10.8. The van der Waals surface area contributed by atoms with Crippen LogP contribution in [0.1, 0.15) is 84.0 Å². The molecule has 0 saturated carbocycles. The molecule has 26 heavy (non-hydrogen) atoms. The molecule has 1 aliphatic rings. The van der Waals surface area contributed by atoms with Gasteiger partial charge in [-0.2, -0.15) is 8.42 Å². The van der Waals surface area contributed by atoms with Crippen LogP contribution in [0.2, 0.25) is 0 Å². The second-order valence-corrected chi connectivity index (χ2v) is 8.71. The van der Waals surface area contributed by atoms with Crippen LogP contribution >= 0.6 is 0 Å². The number of fused-ring (bicyclic) bond motifs is 1. The molecule has 148 valence electrons.